The van der Waals surface area contributed by atoms with E-state index in [0.717, 1.165) is 12.1 Å². The number of anilines is 1. The van der Waals surface area contributed by atoms with Crippen molar-refractivity contribution in [1.29, 1.82) is 5.26 Å². The molecule has 0 aliphatic heterocycles. The third-order valence-electron chi connectivity index (χ3n) is 2.61. The zero-order chi connectivity index (χ0) is 14.6. The van der Waals surface area contributed by atoms with Gasteiger partial charge in [-0.05, 0) is 30.3 Å². The topological polar surface area (TPSA) is 48.7 Å². The first kappa shape index (κ1) is 13.9. The van der Waals surface area contributed by atoms with E-state index in [9.17, 15) is 13.2 Å². The van der Waals surface area contributed by atoms with Crippen molar-refractivity contribution in [1.82, 2.24) is 4.98 Å². The van der Waals surface area contributed by atoms with Crippen molar-refractivity contribution in [3.8, 4) is 6.07 Å². The highest BCUT2D eigenvalue weighted by atomic mass is 19.4. The molecule has 0 saturated heterocycles. The van der Waals surface area contributed by atoms with Crippen LogP contribution in [0.5, 0.6) is 0 Å². The molecule has 102 valence electrons. The Morgan fingerprint density at radius 2 is 1.95 bits per heavy atom. The van der Waals surface area contributed by atoms with Gasteiger partial charge in [-0.25, -0.2) is 0 Å². The Kier molecular flexibility index (Phi) is 3.89. The van der Waals surface area contributed by atoms with Gasteiger partial charge in [0.25, 0.3) is 0 Å². The van der Waals surface area contributed by atoms with E-state index < -0.39 is 17.8 Å². The first-order valence-corrected chi connectivity index (χ1v) is 5.75. The summed E-state index contributed by atoms with van der Waals surface area (Å²) in [6, 6.07) is 10.9. The predicted octanol–water partition coefficient (Wildman–Crippen LogP) is 3.78. The summed E-state index contributed by atoms with van der Waals surface area (Å²) in [6.45, 7) is 0. The van der Waals surface area contributed by atoms with Crippen molar-refractivity contribution in [3.63, 3.8) is 0 Å². The summed E-state index contributed by atoms with van der Waals surface area (Å²) in [5.74, 6) is 0. The highest BCUT2D eigenvalue weighted by Gasteiger charge is 2.30. The molecule has 0 bridgehead atoms. The van der Waals surface area contributed by atoms with Crippen LogP contribution in [-0.4, -0.2) is 4.98 Å². The maximum Gasteiger partial charge on any atom is 0.416 e. The lowest BCUT2D eigenvalue weighted by atomic mass is 10.1. The predicted molar refractivity (Wildman–Crippen MR) is 67.7 cm³/mol. The highest BCUT2D eigenvalue weighted by molar-refractivity contribution is 5.49. The van der Waals surface area contributed by atoms with Gasteiger partial charge in [0.1, 0.15) is 0 Å². The Morgan fingerprint density at radius 1 is 1.15 bits per heavy atom. The third kappa shape index (κ3) is 3.26. The molecule has 3 nitrogen and oxygen atoms in total. The second-order valence-corrected chi connectivity index (χ2v) is 4.04. The van der Waals surface area contributed by atoms with Crippen LogP contribution < -0.4 is 5.32 Å². The molecule has 0 aliphatic rings. The van der Waals surface area contributed by atoms with E-state index >= 15 is 0 Å². The average molecular weight is 277 g/mol. The van der Waals surface area contributed by atoms with Gasteiger partial charge >= 0.3 is 6.18 Å². The second-order valence-electron chi connectivity index (χ2n) is 4.04. The fourth-order valence-corrected chi connectivity index (χ4v) is 1.67. The lowest BCUT2D eigenvalue weighted by Gasteiger charge is -2.14. The van der Waals surface area contributed by atoms with E-state index in [1.807, 2.05) is 6.07 Å². The van der Waals surface area contributed by atoms with Gasteiger partial charge in [-0.1, -0.05) is 12.1 Å². The Balaban J connectivity index is 2.23. The number of nitrogens with one attached hydrogen (secondary N) is 1. The Morgan fingerprint density at radius 3 is 2.55 bits per heavy atom. The van der Waals surface area contributed by atoms with E-state index in [1.54, 1.807) is 18.2 Å². The van der Waals surface area contributed by atoms with Crippen LogP contribution in [0.2, 0.25) is 0 Å². The molecule has 1 heterocycles. The maximum absolute atomic E-state index is 12.6. The first-order valence-electron chi connectivity index (χ1n) is 5.75. The fourth-order valence-electron chi connectivity index (χ4n) is 1.67. The Hall–Kier alpha value is -2.55. The van der Waals surface area contributed by atoms with Gasteiger partial charge < -0.3 is 5.32 Å². The van der Waals surface area contributed by atoms with Gasteiger partial charge in [0.15, 0.2) is 6.04 Å². The van der Waals surface area contributed by atoms with Crippen molar-refractivity contribution in [2.24, 2.45) is 0 Å². The lowest BCUT2D eigenvalue weighted by Crippen LogP contribution is -2.11. The lowest BCUT2D eigenvalue weighted by molar-refractivity contribution is -0.137. The van der Waals surface area contributed by atoms with Gasteiger partial charge in [-0.15, -0.1) is 0 Å². The van der Waals surface area contributed by atoms with E-state index in [4.69, 9.17) is 5.26 Å². The number of halogens is 3. The minimum absolute atomic E-state index is 0.219. The Labute approximate surface area is 113 Å². The van der Waals surface area contributed by atoms with Crippen LogP contribution in [0.3, 0.4) is 0 Å². The zero-order valence-electron chi connectivity index (χ0n) is 10.2. The first-order chi connectivity index (χ1) is 9.50. The highest BCUT2D eigenvalue weighted by Crippen LogP contribution is 2.31. The number of rotatable bonds is 3. The second kappa shape index (κ2) is 5.61. The monoisotopic (exact) mass is 277 g/mol. The summed E-state index contributed by atoms with van der Waals surface area (Å²) < 4.78 is 37.8. The molecule has 0 radical (unpaired) electrons. The summed E-state index contributed by atoms with van der Waals surface area (Å²) in [4.78, 5) is 4.01. The summed E-state index contributed by atoms with van der Waals surface area (Å²) in [5, 5.41) is 11.8. The fraction of sp³-hybridized carbons (Fsp3) is 0.143. The normalized spacial score (nSPS) is 12.5. The number of nitrogens with zero attached hydrogens (tertiary/aromatic N) is 2. The molecule has 2 rings (SSSR count). The molecular formula is C14H10F3N3. The van der Waals surface area contributed by atoms with Crippen molar-refractivity contribution in [3.05, 3.63) is 59.9 Å². The summed E-state index contributed by atoms with van der Waals surface area (Å²) in [6.07, 6.45) is -2.89. The van der Waals surface area contributed by atoms with E-state index in [2.05, 4.69) is 10.3 Å². The summed E-state index contributed by atoms with van der Waals surface area (Å²) in [5.41, 5.74) is -0.0929. The third-order valence-corrected chi connectivity index (χ3v) is 2.61. The molecular weight excluding hydrogens is 267 g/mol. The van der Waals surface area contributed by atoms with Crippen molar-refractivity contribution < 1.29 is 13.2 Å². The number of pyridine rings is 1. The molecule has 1 N–H and O–H groups in total. The van der Waals surface area contributed by atoms with Crippen molar-refractivity contribution in [2.75, 3.05) is 5.32 Å². The minimum atomic E-state index is -4.41. The van der Waals surface area contributed by atoms with Crippen molar-refractivity contribution in [2.45, 2.75) is 12.2 Å². The molecule has 0 amide bonds. The van der Waals surface area contributed by atoms with Crippen molar-refractivity contribution >= 4 is 5.69 Å². The summed E-state index contributed by atoms with van der Waals surface area (Å²) in [7, 11) is 0. The number of nitriles is 1. The van der Waals surface area contributed by atoms with Crippen LogP contribution in [0.15, 0.2) is 48.7 Å². The molecule has 1 aromatic carbocycles. The number of hydrogen-bond acceptors (Lipinski definition) is 3. The van der Waals surface area contributed by atoms with Crippen LogP contribution in [0.1, 0.15) is 17.3 Å². The van der Waals surface area contributed by atoms with Crippen LogP contribution in [-0.2, 0) is 6.18 Å². The molecule has 6 heteroatoms. The SMILES string of the molecule is N#CC(Nc1cccc(C(F)(F)F)c1)c1ccccn1. The molecule has 0 fully saturated rings. The average Bonchev–Trinajstić information content (AvgIpc) is 2.45. The quantitative estimate of drug-likeness (QED) is 0.928. The van der Waals surface area contributed by atoms with Gasteiger partial charge in [-0.3, -0.25) is 4.98 Å². The number of aromatic nitrogens is 1. The smallest absolute Gasteiger partial charge is 0.365 e. The maximum atomic E-state index is 12.6. The van der Waals surface area contributed by atoms with E-state index in [-0.39, 0.29) is 5.69 Å². The summed E-state index contributed by atoms with van der Waals surface area (Å²) >= 11 is 0. The molecule has 20 heavy (non-hydrogen) atoms. The number of benzene rings is 1. The molecule has 1 aromatic heterocycles. The minimum Gasteiger partial charge on any atom is -0.365 e. The molecule has 0 spiro atoms. The van der Waals surface area contributed by atoms with Gasteiger partial charge in [-0.2, -0.15) is 18.4 Å². The van der Waals surface area contributed by atoms with Crippen LogP contribution in [0.4, 0.5) is 18.9 Å². The van der Waals surface area contributed by atoms with Crippen LogP contribution >= 0.6 is 0 Å². The molecule has 2 aromatic rings. The van der Waals surface area contributed by atoms with Crippen LogP contribution in [0.25, 0.3) is 0 Å². The molecule has 1 atom stereocenters. The Bertz CT molecular complexity index is 618. The van der Waals surface area contributed by atoms with Crippen LogP contribution in [0, 0.1) is 11.3 Å². The van der Waals surface area contributed by atoms with Gasteiger partial charge in [0, 0.05) is 11.9 Å². The van der Waals surface area contributed by atoms with Gasteiger partial charge in [0.2, 0.25) is 0 Å². The standard InChI is InChI=1S/C14H10F3N3/c15-14(16,17)10-4-3-5-11(8-10)20-13(9-18)12-6-1-2-7-19-12/h1-8,13,20H. The van der Waals surface area contributed by atoms with E-state index in [0.29, 0.717) is 5.69 Å². The molecule has 1 unspecified atom stereocenters. The molecule has 0 aliphatic carbocycles. The number of hydrogen-bond donors (Lipinski definition) is 1. The number of alkyl halides is 3. The molecule has 0 saturated carbocycles. The largest absolute Gasteiger partial charge is 0.416 e. The van der Waals surface area contributed by atoms with Gasteiger partial charge in [0.05, 0.1) is 17.3 Å². The zero-order valence-corrected chi connectivity index (χ0v) is 10.2. The van der Waals surface area contributed by atoms with E-state index in [1.165, 1.54) is 18.3 Å².